The van der Waals surface area contributed by atoms with Crippen LogP contribution in [0.1, 0.15) is 45.2 Å². The standard InChI is InChI=1S/C13H21N3O/c1-9(2)11-8-12(17)15-13(14-11)16-6-4-10(3)5-7-16/h8-10H,4-7H2,1-3H3,(H,14,15,17). The molecule has 94 valence electrons. The largest absolute Gasteiger partial charge is 0.342 e. The van der Waals surface area contributed by atoms with E-state index in [0.717, 1.165) is 30.6 Å². The summed E-state index contributed by atoms with van der Waals surface area (Å²) in [5.41, 5.74) is 0.833. The highest BCUT2D eigenvalue weighted by molar-refractivity contribution is 5.31. The van der Waals surface area contributed by atoms with Crippen molar-refractivity contribution in [1.82, 2.24) is 9.97 Å². The molecule has 4 heteroatoms. The molecule has 0 aliphatic carbocycles. The minimum absolute atomic E-state index is 0.0441. The lowest BCUT2D eigenvalue weighted by Crippen LogP contribution is -2.35. The van der Waals surface area contributed by atoms with E-state index in [-0.39, 0.29) is 5.56 Å². The van der Waals surface area contributed by atoms with Crippen molar-refractivity contribution in [3.05, 3.63) is 22.1 Å². The van der Waals surface area contributed by atoms with E-state index in [0.29, 0.717) is 5.92 Å². The van der Waals surface area contributed by atoms with E-state index >= 15 is 0 Å². The number of aromatic amines is 1. The first-order chi connectivity index (χ1) is 8.06. The van der Waals surface area contributed by atoms with Gasteiger partial charge in [-0.05, 0) is 24.7 Å². The first-order valence-electron chi connectivity index (χ1n) is 6.42. The third-order valence-corrected chi connectivity index (χ3v) is 3.42. The number of piperidine rings is 1. The second-order valence-electron chi connectivity index (χ2n) is 5.32. The Balaban J connectivity index is 2.23. The molecule has 1 aliphatic heterocycles. The Morgan fingerprint density at radius 3 is 2.65 bits per heavy atom. The van der Waals surface area contributed by atoms with Gasteiger partial charge in [0.2, 0.25) is 5.95 Å². The van der Waals surface area contributed by atoms with Gasteiger partial charge in [-0.25, -0.2) is 4.98 Å². The molecule has 0 spiro atoms. The van der Waals surface area contributed by atoms with Gasteiger partial charge in [-0.2, -0.15) is 0 Å². The highest BCUT2D eigenvalue weighted by Gasteiger charge is 2.18. The zero-order chi connectivity index (χ0) is 12.4. The van der Waals surface area contributed by atoms with Crippen molar-refractivity contribution in [3.8, 4) is 0 Å². The first kappa shape index (κ1) is 12.1. The second kappa shape index (κ2) is 4.90. The molecule has 1 fully saturated rings. The number of hydrogen-bond donors (Lipinski definition) is 1. The Labute approximate surface area is 102 Å². The number of nitrogens with one attached hydrogen (secondary N) is 1. The van der Waals surface area contributed by atoms with Crippen molar-refractivity contribution in [2.45, 2.75) is 39.5 Å². The molecule has 0 bridgehead atoms. The molecular formula is C13H21N3O. The van der Waals surface area contributed by atoms with Gasteiger partial charge >= 0.3 is 0 Å². The van der Waals surface area contributed by atoms with E-state index in [1.54, 1.807) is 6.07 Å². The number of nitrogens with zero attached hydrogens (tertiary/aromatic N) is 2. The summed E-state index contributed by atoms with van der Waals surface area (Å²) in [6.45, 7) is 8.38. The molecule has 4 nitrogen and oxygen atoms in total. The highest BCUT2D eigenvalue weighted by atomic mass is 16.1. The summed E-state index contributed by atoms with van der Waals surface area (Å²) in [4.78, 5) is 21.2. The summed E-state index contributed by atoms with van der Waals surface area (Å²) in [6.07, 6.45) is 2.35. The predicted molar refractivity (Wildman–Crippen MR) is 69.6 cm³/mol. The van der Waals surface area contributed by atoms with Gasteiger partial charge in [-0.1, -0.05) is 20.8 Å². The molecule has 0 unspecified atom stereocenters. The Morgan fingerprint density at radius 1 is 1.41 bits per heavy atom. The normalized spacial score (nSPS) is 17.8. The van der Waals surface area contributed by atoms with Crippen LogP contribution in [0.25, 0.3) is 0 Å². The number of hydrogen-bond acceptors (Lipinski definition) is 3. The van der Waals surface area contributed by atoms with Crippen LogP contribution in [0.5, 0.6) is 0 Å². The molecule has 0 atom stereocenters. The zero-order valence-electron chi connectivity index (χ0n) is 10.9. The van der Waals surface area contributed by atoms with Crippen molar-refractivity contribution in [3.63, 3.8) is 0 Å². The minimum atomic E-state index is -0.0441. The maximum absolute atomic E-state index is 11.6. The van der Waals surface area contributed by atoms with E-state index in [1.807, 2.05) is 0 Å². The topological polar surface area (TPSA) is 49.0 Å². The average Bonchev–Trinajstić information content (AvgIpc) is 2.29. The van der Waals surface area contributed by atoms with Gasteiger partial charge < -0.3 is 4.90 Å². The lowest BCUT2D eigenvalue weighted by atomic mass is 10.00. The van der Waals surface area contributed by atoms with E-state index in [9.17, 15) is 4.79 Å². The van der Waals surface area contributed by atoms with Crippen LogP contribution in [-0.2, 0) is 0 Å². The fourth-order valence-electron chi connectivity index (χ4n) is 2.13. The van der Waals surface area contributed by atoms with E-state index in [4.69, 9.17) is 0 Å². The van der Waals surface area contributed by atoms with Gasteiger partial charge in [-0.3, -0.25) is 9.78 Å². The maximum Gasteiger partial charge on any atom is 0.252 e. The molecule has 1 aromatic rings. The molecule has 1 aromatic heterocycles. The quantitative estimate of drug-likeness (QED) is 0.854. The van der Waals surface area contributed by atoms with Gasteiger partial charge in [0.25, 0.3) is 5.56 Å². The Bertz CT molecular complexity index is 431. The Kier molecular flexibility index (Phi) is 3.50. The van der Waals surface area contributed by atoms with Gasteiger partial charge in [0.15, 0.2) is 0 Å². The molecule has 0 radical (unpaired) electrons. The molecule has 0 amide bonds. The number of rotatable bonds is 2. The molecule has 1 saturated heterocycles. The highest BCUT2D eigenvalue weighted by Crippen LogP contribution is 2.20. The van der Waals surface area contributed by atoms with Crippen molar-refractivity contribution < 1.29 is 0 Å². The lowest BCUT2D eigenvalue weighted by molar-refractivity contribution is 0.434. The fraction of sp³-hybridized carbons (Fsp3) is 0.692. The minimum Gasteiger partial charge on any atom is -0.342 e. The molecular weight excluding hydrogens is 214 g/mol. The molecule has 2 heterocycles. The summed E-state index contributed by atoms with van der Waals surface area (Å²) in [7, 11) is 0. The van der Waals surface area contributed by atoms with Crippen LogP contribution in [0.15, 0.2) is 10.9 Å². The van der Waals surface area contributed by atoms with Crippen LogP contribution in [0.4, 0.5) is 5.95 Å². The summed E-state index contributed by atoms with van der Waals surface area (Å²) < 4.78 is 0. The predicted octanol–water partition coefficient (Wildman–Crippen LogP) is 2.13. The summed E-state index contributed by atoms with van der Waals surface area (Å²) in [6, 6.07) is 1.60. The van der Waals surface area contributed by atoms with Gasteiger partial charge in [-0.15, -0.1) is 0 Å². The summed E-state index contributed by atoms with van der Waals surface area (Å²) in [5, 5.41) is 0. The van der Waals surface area contributed by atoms with Crippen molar-refractivity contribution in [2.75, 3.05) is 18.0 Å². The summed E-state index contributed by atoms with van der Waals surface area (Å²) >= 11 is 0. The van der Waals surface area contributed by atoms with Gasteiger partial charge in [0.05, 0.1) is 5.69 Å². The Hall–Kier alpha value is -1.32. The van der Waals surface area contributed by atoms with Gasteiger partial charge in [0, 0.05) is 19.2 Å². The van der Waals surface area contributed by atoms with E-state index in [1.165, 1.54) is 12.8 Å². The van der Waals surface area contributed by atoms with Crippen LogP contribution < -0.4 is 10.5 Å². The van der Waals surface area contributed by atoms with Crippen LogP contribution in [0.2, 0.25) is 0 Å². The smallest absolute Gasteiger partial charge is 0.252 e. The zero-order valence-corrected chi connectivity index (χ0v) is 10.9. The number of H-pyrrole nitrogens is 1. The van der Waals surface area contributed by atoms with E-state index in [2.05, 4.69) is 35.6 Å². The molecule has 0 saturated carbocycles. The van der Waals surface area contributed by atoms with Crippen molar-refractivity contribution in [2.24, 2.45) is 5.92 Å². The van der Waals surface area contributed by atoms with Crippen molar-refractivity contribution >= 4 is 5.95 Å². The number of anilines is 1. The molecule has 17 heavy (non-hydrogen) atoms. The second-order valence-corrected chi connectivity index (χ2v) is 5.32. The number of aromatic nitrogens is 2. The van der Waals surface area contributed by atoms with Gasteiger partial charge in [0.1, 0.15) is 0 Å². The SMILES string of the molecule is CC1CCN(c2nc(C(C)C)cc(=O)[nH]2)CC1. The molecule has 1 N–H and O–H groups in total. The van der Waals surface area contributed by atoms with Crippen LogP contribution in [-0.4, -0.2) is 23.1 Å². The molecule has 0 aromatic carbocycles. The van der Waals surface area contributed by atoms with Crippen molar-refractivity contribution in [1.29, 1.82) is 0 Å². The third kappa shape index (κ3) is 2.87. The summed E-state index contributed by atoms with van der Waals surface area (Å²) in [5.74, 6) is 1.82. The van der Waals surface area contributed by atoms with E-state index < -0.39 is 0 Å². The monoisotopic (exact) mass is 235 g/mol. The van der Waals surface area contributed by atoms with Crippen LogP contribution in [0.3, 0.4) is 0 Å². The van der Waals surface area contributed by atoms with Crippen LogP contribution >= 0.6 is 0 Å². The lowest BCUT2D eigenvalue weighted by Gasteiger charge is -2.30. The molecule has 2 rings (SSSR count). The maximum atomic E-state index is 11.6. The first-order valence-corrected chi connectivity index (χ1v) is 6.42. The van der Waals surface area contributed by atoms with Crippen LogP contribution in [0, 0.1) is 5.92 Å². The fourth-order valence-corrected chi connectivity index (χ4v) is 2.13. The third-order valence-electron chi connectivity index (χ3n) is 3.42. The average molecular weight is 235 g/mol. The Morgan fingerprint density at radius 2 is 2.06 bits per heavy atom. The molecule has 1 aliphatic rings.